The molecule has 1 aromatic carbocycles. The summed E-state index contributed by atoms with van der Waals surface area (Å²) < 4.78 is 45.6. The molecule has 3 heterocycles. The number of carbonyl (C=O) groups excluding carboxylic acids is 1. The van der Waals surface area contributed by atoms with E-state index in [4.69, 9.17) is 15.5 Å². The lowest BCUT2D eigenvalue weighted by atomic mass is 9.78. The van der Waals surface area contributed by atoms with Crippen LogP contribution in [0.5, 0.6) is 0 Å². The van der Waals surface area contributed by atoms with Crippen molar-refractivity contribution in [1.82, 2.24) is 10.1 Å². The molecule has 1 aromatic heterocycles. The fourth-order valence-electron chi connectivity index (χ4n) is 5.37. The van der Waals surface area contributed by atoms with E-state index in [0.717, 1.165) is 55.6 Å². The molecule has 4 rings (SSSR count). The zero-order valence-electron chi connectivity index (χ0n) is 19.2. The molecule has 0 saturated carbocycles. The van der Waals surface area contributed by atoms with Gasteiger partial charge in [0.05, 0.1) is 28.8 Å². The maximum absolute atomic E-state index is 13.4. The number of alkyl halides is 3. The van der Waals surface area contributed by atoms with Gasteiger partial charge in [0.2, 0.25) is 5.91 Å². The Hall–Kier alpha value is -3.06. The SMILES string of the molecule is Cc1noc(C)c1CN1CCC([C@@H]2CN(c3ccc(C#N)c(C(F)(F)F)c3)C[C@H]2C(N)=O)CC1. The highest BCUT2D eigenvalue weighted by molar-refractivity contribution is 5.79. The van der Waals surface area contributed by atoms with Gasteiger partial charge in [-0.3, -0.25) is 9.69 Å². The number of primary amides is 1. The molecule has 0 unspecified atom stereocenters. The van der Waals surface area contributed by atoms with Crippen molar-refractivity contribution < 1.29 is 22.5 Å². The molecule has 2 N–H and O–H groups in total. The van der Waals surface area contributed by atoms with Gasteiger partial charge in [0, 0.05) is 30.9 Å². The number of halogens is 3. The number of hydrogen-bond acceptors (Lipinski definition) is 6. The van der Waals surface area contributed by atoms with Crippen LogP contribution in [-0.4, -0.2) is 42.1 Å². The second kappa shape index (κ2) is 9.29. The van der Waals surface area contributed by atoms with Crippen molar-refractivity contribution >= 4 is 11.6 Å². The second-order valence-electron chi connectivity index (χ2n) is 9.33. The molecule has 34 heavy (non-hydrogen) atoms. The Labute approximate surface area is 196 Å². The lowest BCUT2D eigenvalue weighted by Gasteiger charge is -2.36. The highest BCUT2D eigenvalue weighted by atomic mass is 19.4. The number of nitrogens with zero attached hydrogens (tertiary/aromatic N) is 4. The van der Waals surface area contributed by atoms with Gasteiger partial charge in [-0.05, 0) is 69.8 Å². The molecule has 182 valence electrons. The van der Waals surface area contributed by atoms with Crippen LogP contribution >= 0.6 is 0 Å². The third-order valence-corrected chi connectivity index (χ3v) is 7.33. The zero-order valence-corrected chi connectivity index (χ0v) is 19.2. The predicted octanol–water partition coefficient (Wildman–Crippen LogP) is 3.63. The summed E-state index contributed by atoms with van der Waals surface area (Å²) in [4.78, 5) is 16.4. The topological polar surface area (TPSA) is 99.4 Å². The number of anilines is 1. The average molecular weight is 476 g/mol. The number of piperidine rings is 1. The largest absolute Gasteiger partial charge is 0.417 e. The van der Waals surface area contributed by atoms with Gasteiger partial charge in [-0.2, -0.15) is 18.4 Å². The summed E-state index contributed by atoms with van der Waals surface area (Å²) in [6.45, 7) is 7.04. The van der Waals surface area contributed by atoms with Crippen LogP contribution in [0.15, 0.2) is 22.7 Å². The molecule has 0 spiro atoms. The van der Waals surface area contributed by atoms with E-state index in [1.54, 1.807) is 11.0 Å². The van der Waals surface area contributed by atoms with E-state index < -0.39 is 29.1 Å². The summed E-state index contributed by atoms with van der Waals surface area (Å²) in [5.41, 5.74) is 6.69. The van der Waals surface area contributed by atoms with E-state index in [0.29, 0.717) is 12.2 Å². The minimum Gasteiger partial charge on any atom is -0.370 e. The number of nitriles is 1. The molecule has 2 aliphatic rings. The highest BCUT2D eigenvalue weighted by Crippen LogP contribution is 2.40. The Morgan fingerprint density at radius 2 is 1.97 bits per heavy atom. The van der Waals surface area contributed by atoms with Crippen LogP contribution in [0.4, 0.5) is 18.9 Å². The molecule has 2 saturated heterocycles. The van der Waals surface area contributed by atoms with E-state index in [1.165, 1.54) is 12.1 Å². The quantitative estimate of drug-likeness (QED) is 0.709. The smallest absolute Gasteiger partial charge is 0.370 e. The van der Waals surface area contributed by atoms with Crippen molar-refractivity contribution in [2.24, 2.45) is 23.5 Å². The minimum absolute atomic E-state index is 0.0244. The van der Waals surface area contributed by atoms with Crippen LogP contribution in [0.3, 0.4) is 0 Å². The number of nitrogens with two attached hydrogens (primary N) is 1. The Morgan fingerprint density at radius 1 is 1.26 bits per heavy atom. The lowest BCUT2D eigenvalue weighted by molar-refractivity contribution is -0.137. The summed E-state index contributed by atoms with van der Waals surface area (Å²) in [6.07, 6.45) is -2.86. The van der Waals surface area contributed by atoms with E-state index in [-0.39, 0.29) is 18.4 Å². The fraction of sp³-hybridized carbons (Fsp3) is 0.542. The van der Waals surface area contributed by atoms with Crippen molar-refractivity contribution in [2.75, 3.05) is 31.1 Å². The first-order valence-corrected chi connectivity index (χ1v) is 11.4. The van der Waals surface area contributed by atoms with Crippen LogP contribution in [0.2, 0.25) is 0 Å². The molecule has 2 fully saturated rings. The molecule has 0 bridgehead atoms. The van der Waals surface area contributed by atoms with Gasteiger partial charge in [-0.25, -0.2) is 0 Å². The number of rotatable bonds is 5. The van der Waals surface area contributed by atoms with Crippen molar-refractivity contribution in [3.8, 4) is 6.07 Å². The van der Waals surface area contributed by atoms with Crippen molar-refractivity contribution in [3.05, 3.63) is 46.3 Å². The number of aryl methyl sites for hydroxylation is 2. The molecule has 1 amide bonds. The maximum atomic E-state index is 13.4. The molecule has 2 aliphatic heterocycles. The molecular weight excluding hydrogens is 447 g/mol. The van der Waals surface area contributed by atoms with Crippen LogP contribution in [0, 0.1) is 42.9 Å². The van der Waals surface area contributed by atoms with Crippen molar-refractivity contribution in [1.29, 1.82) is 5.26 Å². The molecule has 10 heteroatoms. The van der Waals surface area contributed by atoms with E-state index in [2.05, 4.69) is 10.1 Å². The molecule has 2 atom stereocenters. The molecule has 0 aliphatic carbocycles. The van der Waals surface area contributed by atoms with E-state index in [9.17, 15) is 18.0 Å². The third kappa shape index (κ3) is 4.75. The van der Waals surface area contributed by atoms with Gasteiger partial charge < -0.3 is 15.2 Å². The summed E-state index contributed by atoms with van der Waals surface area (Å²) in [5.74, 6) is 0.201. The molecule has 7 nitrogen and oxygen atoms in total. The number of benzene rings is 1. The normalized spacial score (nSPS) is 22.2. The number of aromatic nitrogens is 1. The summed E-state index contributed by atoms with van der Waals surface area (Å²) >= 11 is 0. The first kappa shape index (κ1) is 24.1. The fourth-order valence-corrected chi connectivity index (χ4v) is 5.37. The van der Waals surface area contributed by atoms with Crippen LogP contribution in [0.1, 0.15) is 41.0 Å². The van der Waals surface area contributed by atoms with Crippen LogP contribution < -0.4 is 10.6 Å². The summed E-state index contributed by atoms with van der Waals surface area (Å²) in [6, 6.07) is 5.32. The minimum atomic E-state index is -4.63. The van der Waals surface area contributed by atoms with Gasteiger partial charge in [-0.1, -0.05) is 5.16 Å². The first-order chi connectivity index (χ1) is 16.1. The Balaban J connectivity index is 1.46. The summed E-state index contributed by atoms with van der Waals surface area (Å²) in [5, 5.41) is 13.1. The van der Waals surface area contributed by atoms with Crippen LogP contribution in [-0.2, 0) is 17.5 Å². The summed E-state index contributed by atoms with van der Waals surface area (Å²) in [7, 11) is 0. The number of amides is 1. The monoisotopic (exact) mass is 475 g/mol. The van der Waals surface area contributed by atoms with E-state index >= 15 is 0 Å². The lowest BCUT2D eigenvalue weighted by Crippen LogP contribution is -2.40. The number of hydrogen-bond donors (Lipinski definition) is 1. The molecule has 0 radical (unpaired) electrons. The van der Waals surface area contributed by atoms with Crippen molar-refractivity contribution in [2.45, 2.75) is 39.4 Å². The maximum Gasteiger partial charge on any atom is 0.417 e. The van der Waals surface area contributed by atoms with Gasteiger partial charge in [0.1, 0.15) is 5.76 Å². The predicted molar refractivity (Wildman–Crippen MR) is 119 cm³/mol. The molecular formula is C24H28F3N5O2. The standard InChI is InChI=1S/C24H28F3N5O2/c1-14-19(15(2)34-30-14)11-31-7-5-16(6-8-31)20-12-32(13-21(20)23(29)33)18-4-3-17(10-28)22(9-18)24(25,26)27/h3-4,9,16,20-21H,5-8,11-13H2,1-2H3,(H2,29,33)/t20-,21+/m0/s1. The Morgan fingerprint density at radius 3 is 2.53 bits per heavy atom. The second-order valence-corrected chi connectivity index (χ2v) is 9.33. The van der Waals surface area contributed by atoms with Gasteiger partial charge >= 0.3 is 6.18 Å². The van der Waals surface area contributed by atoms with Gasteiger partial charge in [-0.15, -0.1) is 0 Å². The average Bonchev–Trinajstić information content (AvgIpc) is 3.38. The number of carbonyl (C=O) groups is 1. The van der Waals surface area contributed by atoms with Crippen molar-refractivity contribution in [3.63, 3.8) is 0 Å². The Kier molecular flexibility index (Phi) is 6.58. The third-order valence-electron chi connectivity index (χ3n) is 7.33. The van der Waals surface area contributed by atoms with Gasteiger partial charge in [0.15, 0.2) is 0 Å². The van der Waals surface area contributed by atoms with E-state index in [1.807, 2.05) is 13.8 Å². The highest BCUT2D eigenvalue weighted by Gasteiger charge is 2.42. The first-order valence-electron chi connectivity index (χ1n) is 11.4. The van der Waals surface area contributed by atoms with Crippen LogP contribution in [0.25, 0.3) is 0 Å². The molecule has 2 aromatic rings. The van der Waals surface area contributed by atoms with Gasteiger partial charge in [0.25, 0.3) is 0 Å². The number of likely N-dealkylation sites (tertiary alicyclic amines) is 1. The Bertz CT molecular complexity index is 1080. The zero-order chi connectivity index (χ0) is 24.6.